The molecular formula is C27H35N3O4S. The molecule has 7 nitrogen and oxygen atoms in total. The third kappa shape index (κ3) is 6.70. The van der Waals surface area contributed by atoms with E-state index in [4.69, 9.17) is 4.74 Å². The molecule has 2 heterocycles. The Labute approximate surface area is 211 Å². The monoisotopic (exact) mass is 497 g/mol. The molecular weight excluding hydrogens is 462 g/mol. The number of carbonyl (C=O) groups is 3. The minimum absolute atomic E-state index is 0.124. The van der Waals surface area contributed by atoms with Crippen LogP contribution >= 0.6 is 11.3 Å². The predicted molar refractivity (Wildman–Crippen MR) is 136 cm³/mol. The van der Waals surface area contributed by atoms with Crippen LogP contribution in [-0.2, 0) is 14.3 Å². The maximum atomic E-state index is 13.8. The number of ether oxygens (including phenoxy) is 1. The Morgan fingerprint density at radius 2 is 1.86 bits per heavy atom. The lowest BCUT2D eigenvalue weighted by atomic mass is 9.94. The fourth-order valence-corrected chi connectivity index (χ4v) is 5.62. The number of thiophene rings is 1. The molecule has 2 N–H and O–H groups in total. The number of rotatable bonds is 9. The number of benzene rings is 1. The fraction of sp³-hybridized carbons (Fsp3) is 0.519. The van der Waals surface area contributed by atoms with Crippen molar-refractivity contribution in [3.05, 3.63) is 57.8 Å². The molecule has 1 aromatic heterocycles. The van der Waals surface area contributed by atoms with E-state index in [1.54, 1.807) is 17.0 Å². The van der Waals surface area contributed by atoms with Gasteiger partial charge in [0.25, 0.3) is 5.91 Å². The van der Waals surface area contributed by atoms with E-state index in [-0.39, 0.29) is 36.4 Å². The molecule has 1 aliphatic carbocycles. The highest BCUT2D eigenvalue weighted by Gasteiger charge is 2.36. The molecule has 0 radical (unpaired) electrons. The molecule has 35 heavy (non-hydrogen) atoms. The molecule has 2 atom stereocenters. The largest absolute Gasteiger partial charge is 0.376 e. The summed E-state index contributed by atoms with van der Waals surface area (Å²) in [5.74, 6) is -0.746. The summed E-state index contributed by atoms with van der Waals surface area (Å²) in [6, 6.07) is 10.6. The summed E-state index contributed by atoms with van der Waals surface area (Å²) in [6.45, 7) is 2.75. The second-order valence-corrected chi connectivity index (χ2v) is 10.4. The van der Waals surface area contributed by atoms with Crippen LogP contribution in [0.3, 0.4) is 0 Å². The SMILES string of the molecule is Cc1ccccc1[C@@H](C(=O)NC1CCCCC1)N(C[C@H]1CCCO1)C(=O)CNC(=O)c1cccs1. The number of amides is 3. The number of hydrogen-bond donors (Lipinski definition) is 2. The molecule has 3 amide bonds. The van der Waals surface area contributed by atoms with Crippen LogP contribution in [0.25, 0.3) is 0 Å². The van der Waals surface area contributed by atoms with Crippen molar-refractivity contribution in [2.24, 2.45) is 0 Å². The van der Waals surface area contributed by atoms with Gasteiger partial charge in [0.15, 0.2) is 0 Å². The minimum Gasteiger partial charge on any atom is -0.376 e. The quantitative estimate of drug-likeness (QED) is 0.549. The van der Waals surface area contributed by atoms with Crippen molar-refractivity contribution in [1.29, 1.82) is 0 Å². The van der Waals surface area contributed by atoms with Gasteiger partial charge in [-0.15, -0.1) is 11.3 Å². The molecule has 2 aliphatic rings. The zero-order chi connectivity index (χ0) is 24.6. The van der Waals surface area contributed by atoms with E-state index in [0.29, 0.717) is 18.0 Å². The third-order valence-corrected chi connectivity index (χ3v) is 7.75. The van der Waals surface area contributed by atoms with E-state index < -0.39 is 6.04 Å². The third-order valence-electron chi connectivity index (χ3n) is 6.88. The molecule has 4 rings (SSSR count). The molecule has 1 aromatic carbocycles. The Bertz CT molecular complexity index is 998. The van der Waals surface area contributed by atoms with E-state index in [0.717, 1.165) is 49.7 Å². The number of nitrogens with zero attached hydrogens (tertiary/aromatic N) is 1. The molecule has 0 bridgehead atoms. The Morgan fingerprint density at radius 3 is 2.54 bits per heavy atom. The highest BCUT2D eigenvalue weighted by atomic mass is 32.1. The Kier molecular flexibility index (Phi) is 8.93. The lowest BCUT2D eigenvalue weighted by Gasteiger charge is -2.35. The van der Waals surface area contributed by atoms with Gasteiger partial charge in [-0.05, 0) is 55.2 Å². The highest BCUT2D eigenvalue weighted by molar-refractivity contribution is 7.12. The Morgan fingerprint density at radius 1 is 1.06 bits per heavy atom. The van der Waals surface area contributed by atoms with Crippen LogP contribution in [0.2, 0.25) is 0 Å². The minimum atomic E-state index is -0.784. The van der Waals surface area contributed by atoms with E-state index in [1.165, 1.54) is 17.8 Å². The number of aryl methyl sites for hydroxylation is 1. The summed E-state index contributed by atoms with van der Waals surface area (Å²) < 4.78 is 5.85. The van der Waals surface area contributed by atoms with Crippen molar-refractivity contribution >= 4 is 29.1 Å². The van der Waals surface area contributed by atoms with Gasteiger partial charge in [-0.1, -0.05) is 49.6 Å². The van der Waals surface area contributed by atoms with Gasteiger partial charge in [0.05, 0.1) is 17.5 Å². The molecule has 8 heteroatoms. The van der Waals surface area contributed by atoms with Crippen LogP contribution in [0, 0.1) is 6.92 Å². The van der Waals surface area contributed by atoms with Gasteiger partial charge in [-0.25, -0.2) is 0 Å². The maximum Gasteiger partial charge on any atom is 0.261 e. The van der Waals surface area contributed by atoms with Gasteiger partial charge >= 0.3 is 0 Å². The standard InChI is InChI=1S/C27H35N3O4S/c1-19-9-5-6-13-22(19)25(27(33)29-20-10-3-2-4-11-20)30(18-21-12-7-15-34-21)24(31)17-28-26(32)23-14-8-16-35-23/h5-6,8-9,13-14,16,20-21,25H,2-4,7,10-12,15,17-18H2,1H3,(H,28,32)(H,29,33)/t21-,25+/m1/s1. The smallest absolute Gasteiger partial charge is 0.261 e. The van der Waals surface area contributed by atoms with Crippen molar-refractivity contribution in [2.75, 3.05) is 19.7 Å². The molecule has 0 unspecified atom stereocenters. The molecule has 2 aromatic rings. The first-order chi connectivity index (χ1) is 17.0. The van der Waals surface area contributed by atoms with Crippen LogP contribution in [-0.4, -0.2) is 54.5 Å². The van der Waals surface area contributed by atoms with Crippen LogP contribution in [0.4, 0.5) is 0 Å². The zero-order valence-electron chi connectivity index (χ0n) is 20.3. The molecule has 188 valence electrons. The topological polar surface area (TPSA) is 87.7 Å². The highest BCUT2D eigenvalue weighted by Crippen LogP contribution is 2.28. The molecule has 1 aliphatic heterocycles. The normalized spacial score (nSPS) is 19.2. The second kappa shape index (κ2) is 12.3. The summed E-state index contributed by atoms with van der Waals surface area (Å²) in [6.07, 6.45) is 6.98. The lowest BCUT2D eigenvalue weighted by Crippen LogP contribution is -2.51. The second-order valence-electron chi connectivity index (χ2n) is 9.44. The van der Waals surface area contributed by atoms with E-state index in [1.807, 2.05) is 36.6 Å². The van der Waals surface area contributed by atoms with Crippen molar-refractivity contribution in [3.8, 4) is 0 Å². The van der Waals surface area contributed by atoms with Gasteiger partial charge in [0.2, 0.25) is 11.8 Å². The molecule has 1 saturated carbocycles. The van der Waals surface area contributed by atoms with Gasteiger partial charge < -0.3 is 20.3 Å². The fourth-order valence-electron chi connectivity index (χ4n) is 4.98. The van der Waals surface area contributed by atoms with Crippen molar-refractivity contribution < 1.29 is 19.1 Å². The average molecular weight is 498 g/mol. The van der Waals surface area contributed by atoms with Crippen LogP contribution in [0.5, 0.6) is 0 Å². The zero-order valence-corrected chi connectivity index (χ0v) is 21.1. The van der Waals surface area contributed by atoms with E-state index in [2.05, 4.69) is 10.6 Å². The first kappa shape index (κ1) is 25.4. The van der Waals surface area contributed by atoms with Crippen molar-refractivity contribution in [1.82, 2.24) is 15.5 Å². The first-order valence-corrected chi connectivity index (χ1v) is 13.5. The number of nitrogens with one attached hydrogen (secondary N) is 2. The predicted octanol–water partition coefficient (Wildman–Crippen LogP) is 3.98. The molecule has 1 saturated heterocycles. The summed E-state index contributed by atoms with van der Waals surface area (Å²) in [7, 11) is 0. The molecule has 0 spiro atoms. The van der Waals surface area contributed by atoms with E-state index in [9.17, 15) is 14.4 Å². The molecule has 2 fully saturated rings. The number of hydrogen-bond acceptors (Lipinski definition) is 5. The van der Waals surface area contributed by atoms with Gasteiger partial charge in [0, 0.05) is 19.2 Å². The maximum absolute atomic E-state index is 13.8. The lowest BCUT2D eigenvalue weighted by molar-refractivity contribution is -0.142. The Balaban J connectivity index is 1.59. The average Bonchev–Trinajstić information content (AvgIpc) is 3.58. The summed E-state index contributed by atoms with van der Waals surface area (Å²) in [5, 5.41) is 7.80. The summed E-state index contributed by atoms with van der Waals surface area (Å²) >= 11 is 1.33. The van der Waals surface area contributed by atoms with Crippen molar-refractivity contribution in [2.45, 2.75) is 70.1 Å². The first-order valence-electron chi connectivity index (χ1n) is 12.6. The van der Waals surface area contributed by atoms with Gasteiger partial charge in [0.1, 0.15) is 6.04 Å². The van der Waals surface area contributed by atoms with Crippen LogP contribution in [0.1, 0.15) is 71.8 Å². The van der Waals surface area contributed by atoms with Crippen LogP contribution < -0.4 is 10.6 Å². The summed E-state index contributed by atoms with van der Waals surface area (Å²) in [4.78, 5) is 42.0. The van der Waals surface area contributed by atoms with Gasteiger partial charge in [-0.2, -0.15) is 0 Å². The van der Waals surface area contributed by atoms with Gasteiger partial charge in [-0.3, -0.25) is 14.4 Å². The summed E-state index contributed by atoms with van der Waals surface area (Å²) in [5.41, 5.74) is 1.75. The van der Waals surface area contributed by atoms with Crippen molar-refractivity contribution in [3.63, 3.8) is 0 Å². The number of carbonyl (C=O) groups excluding carboxylic acids is 3. The van der Waals surface area contributed by atoms with E-state index >= 15 is 0 Å². The Hall–Kier alpha value is -2.71. The van der Waals surface area contributed by atoms with Crippen LogP contribution in [0.15, 0.2) is 41.8 Å².